The van der Waals surface area contributed by atoms with Gasteiger partial charge in [-0.2, -0.15) is 0 Å². The molecule has 1 atom stereocenters. The highest BCUT2D eigenvalue weighted by atomic mass is 32.1. The highest BCUT2D eigenvalue weighted by Crippen LogP contribution is 2.15. The van der Waals surface area contributed by atoms with Gasteiger partial charge in [-0.3, -0.25) is 9.78 Å². The van der Waals surface area contributed by atoms with Gasteiger partial charge in [0, 0.05) is 16.5 Å². The molecule has 2 heterocycles. The molecule has 1 unspecified atom stereocenters. The highest BCUT2D eigenvalue weighted by Gasteiger charge is 2.12. The van der Waals surface area contributed by atoms with Gasteiger partial charge in [-0.05, 0) is 6.92 Å². The average Bonchev–Trinajstić information content (AvgIpc) is 2.96. The predicted octanol–water partition coefficient (Wildman–Crippen LogP) is 1.55. The van der Waals surface area contributed by atoms with Gasteiger partial charge in [0.15, 0.2) is 0 Å². The van der Waals surface area contributed by atoms with Gasteiger partial charge in [0.2, 0.25) is 0 Å². The Kier molecular flexibility index (Phi) is 3.82. The minimum Gasteiger partial charge on any atom is -0.346 e. The van der Waals surface area contributed by atoms with Crippen molar-refractivity contribution in [2.45, 2.75) is 19.5 Å². The number of hydrogen-bond acceptors (Lipinski definition) is 6. The lowest BCUT2D eigenvalue weighted by molar-refractivity contribution is 0.0947. The van der Waals surface area contributed by atoms with Crippen LogP contribution in [0.15, 0.2) is 17.1 Å². The van der Waals surface area contributed by atoms with Gasteiger partial charge in [-0.15, -0.1) is 22.7 Å². The molecule has 7 heteroatoms. The number of hydrogen-bond donors (Lipinski definition) is 2. The summed E-state index contributed by atoms with van der Waals surface area (Å²) in [4.78, 5) is 20.9. The molecule has 0 saturated heterocycles. The van der Waals surface area contributed by atoms with E-state index in [4.69, 9.17) is 5.73 Å². The van der Waals surface area contributed by atoms with Gasteiger partial charge in [0.25, 0.3) is 5.91 Å². The number of aromatic nitrogens is 2. The van der Waals surface area contributed by atoms with E-state index < -0.39 is 0 Å². The SMILES string of the molecule is CC(N)c1nc(C(=O)NCc2cncs2)cs1. The molecule has 3 N–H and O–H groups in total. The molecule has 17 heavy (non-hydrogen) atoms. The van der Waals surface area contributed by atoms with Crippen molar-refractivity contribution in [3.8, 4) is 0 Å². The summed E-state index contributed by atoms with van der Waals surface area (Å²) in [6.07, 6.45) is 1.74. The molecule has 90 valence electrons. The van der Waals surface area contributed by atoms with Crippen molar-refractivity contribution in [1.29, 1.82) is 0 Å². The van der Waals surface area contributed by atoms with E-state index in [-0.39, 0.29) is 11.9 Å². The fourth-order valence-electron chi connectivity index (χ4n) is 1.19. The van der Waals surface area contributed by atoms with E-state index in [1.165, 1.54) is 22.7 Å². The number of carbonyl (C=O) groups excluding carboxylic acids is 1. The van der Waals surface area contributed by atoms with Crippen LogP contribution in [0.25, 0.3) is 0 Å². The molecule has 0 aliphatic carbocycles. The molecule has 1 amide bonds. The lowest BCUT2D eigenvalue weighted by Gasteiger charge is -2.00. The lowest BCUT2D eigenvalue weighted by atomic mass is 10.4. The van der Waals surface area contributed by atoms with E-state index in [0.717, 1.165) is 9.88 Å². The molecule has 0 bridgehead atoms. The number of thiazole rings is 2. The molecule has 5 nitrogen and oxygen atoms in total. The standard InChI is InChI=1S/C10H12N4OS2/c1-6(11)10-14-8(4-16-10)9(15)13-3-7-2-12-5-17-7/h2,4-6H,3,11H2,1H3,(H,13,15). The van der Waals surface area contributed by atoms with Crippen LogP contribution in [0.4, 0.5) is 0 Å². The average molecular weight is 268 g/mol. The third kappa shape index (κ3) is 3.09. The summed E-state index contributed by atoms with van der Waals surface area (Å²) in [5, 5.41) is 5.28. The summed E-state index contributed by atoms with van der Waals surface area (Å²) >= 11 is 2.91. The van der Waals surface area contributed by atoms with Crippen molar-refractivity contribution >= 4 is 28.6 Å². The largest absolute Gasteiger partial charge is 0.346 e. The molecule has 0 aliphatic rings. The first-order valence-corrected chi connectivity index (χ1v) is 6.79. The second kappa shape index (κ2) is 5.35. The van der Waals surface area contributed by atoms with E-state index in [1.54, 1.807) is 17.1 Å². The molecular formula is C10H12N4OS2. The Morgan fingerprint density at radius 1 is 1.59 bits per heavy atom. The van der Waals surface area contributed by atoms with Crippen LogP contribution >= 0.6 is 22.7 Å². The molecule has 0 spiro atoms. The van der Waals surface area contributed by atoms with Crippen LogP contribution in [-0.2, 0) is 6.54 Å². The van der Waals surface area contributed by atoms with Crippen LogP contribution in [0.3, 0.4) is 0 Å². The van der Waals surface area contributed by atoms with Crippen molar-refractivity contribution in [3.05, 3.63) is 32.7 Å². The van der Waals surface area contributed by atoms with E-state index in [2.05, 4.69) is 15.3 Å². The topological polar surface area (TPSA) is 80.9 Å². The Bertz CT molecular complexity index is 492. The quantitative estimate of drug-likeness (QED) is 0.881. The van der Waals surface area contributed by atoms with E-state index in [9.17, 15) is 4.79 Å². The van der Waals surface area contributed by atoms with Gasteiger partial charge in [-0.25, -0.2) is 4.98 Å². The van der Waals surface area contributed by atoms with E-state index in [0.29, 0.717) is 12.2 Å². The molecule has 0 saturated carbocycles. The third-order valence-electron chi connectivity index (χ3n) is 2.05. The summed E-state index contributed by atoms with van der Waals surface area (Å²) in [7, 11) is 0. The van der Waals surface area contributed by atoms with Gasteiger partial charge in [0.1, 0.15) is 10.7 Å². The molecule has 0 fully saturated rings. The van der Waals surface area contributed by atoms with Crippen molar-refractivity contribution < 1.29 is 4.79 Å². The van der Waals surface area contributed by atoms with Crippen molar-refractivity contribution in [1.82, 2.24) is 15.3 Å². The highest BCUT2D eigenvalue weighted by molar-refractivity contribution is 7.10. The Labute approximate surface area is 107 Å². The third-order valence-corrected chi connectivity index (χ3v) is 3.88. The van der Waals surface area contributed by atoms with E-state index in [1.807, 2.05) is 6.92 Å². The molecule has 2 aromatic heterocycles. The second-order valence-electron chi connectivity index (χ2n) is 3.51. The summed E-state index contributed by atoms with van der Waals surface area (Å²) in [5.41, 5.74) is 7.85. The van der Waals surface area contributed by atoms with Crippen molar-refractivity contribution in [3.63, 3.8) is 0 Å². The normalized spacial score (nSPS) is 12.4. The van der Waals surface area contributed by atoms with Crippen LogP contribution in [0.1, 0.15) is 33.3 Å². The first-order chi connectivity index (χ1) is 8.16. The molecule has 2 aromatic rings. The second-order valence-corrected chi connectivity index (χ2v) is 5.37. The summed E-state index contributed by atoms with van der Waals surface area (Å²) < 4.78 is 0. The molecule has 0 radical (unpaired) electrons. The molecule has 0 aromatic carbocycles. The van der Waals surface area contributed by atoms with Gasteiger partial charge < -0.3 is 11.1 Å². The number of carbonyl (C=O) groups is 1. The first kappa shape index (κ1) is 12.2. The maximum atomic E-state index is 11.8. The monoisotopic (exact) mass is 268 g/mol. The minimum atomic E-state index is -0.179. The number of amides is 1. The van der Waals surface area contributed by atoms with Crippen LogP contribution < -0.4 is 11.1 Å². The Morgan fingerprint density at radius 2 is 2.41 bits per heavy atom. The fourth-order valence-corrected chi connectivity index (χ4v) is 2.48. The lowest BCUT2D eigenvalue weighted by Crippen LogP contribution is -2.22. The number of nitrogens with two attached hydrogens (primary N) is 1. The predicted molar refractivity (Wildman–Crippen MR) is 68.0 cm³/mol. The van der Waals surface area contributed by atoms with Crippen molar-refractivity contribution in [2.75, 3.05) is 0 Å². The zero-order valence-electron chi connectivity index (χ0n) is 9.21. The molecular weight excluding hydrogens is 256 g/mol. The Balaban J connectivity index is 1.95. The van der Waals surface area contributed by atoms with Crippen LogP contribution in [0.5, 0.6) is 0 Å². The van der Waals surface area contributed by atoms with Crippen LogP contribution in [0.2, 0.25) is 0 Å². The first-order valence-electron chi connectivity index (χ1n) is 5.03. The van der Waals surface area contributed by atoms with Crippen LogP contribution in [0, 0.1) is 0 Å². The minimum absolute atomic E-state index is 0.136. The smallest absolute Gasteiger partial charge is 0.271 e. The number of nitrogens with zero attached hydrogens (tertiary/aromatic N) is 2. The summed E-state index contributed by atoms with van der Waals surface area (Å²) in [6, 6.07) is -0.136. The Morgan fingerprint density at radius 3 is 3.00 bits per heavy atom. The molecule has 2 rings (SSSR count). The van der Waals surface area contributed by atoms with Gasteiger partial charge >= 0.3 is 0 Å². The number of rotatable bonds is 4. The van der Waals surface area contributed by atoms with Crippen LogP contribution in [-0.4, -0.2) is 15.9 Å². The Hall–Kier alpha value is -1.31. The zero-order valence-corrected chi connectivity index (χ0v) is 10.8. The fraction of sp³-hybridized carbons (Fsp3) is 0.300. The maximum absolute atomic E-state index is 11.8. The van der Waals surface area contributed by atoms with Gasteiger partial charge in [-0.1, -0.05) is 0 Å². The van der Waals surface area contributed by atoms with E-state index >= 15 is 0 Å². The van der Waals surface area contributed by atoms with Crippen molar-refractivity contribution in [2.24, 2.45) is 5.73 Å². The summed E-state index contributed by atoms with van der Waals surface area (Å²) in [5.74, 6) is -0.179. The number of nitrogens with one attached hydrogen (secondary N) is 1. The summed E-state index contributed by atoms with van der Waals surface area (Å²) in [6.45, 7) is 2.33. The van der Waals surface area contributed by atoms with Gasteiger partial charge in [0.05, 0.1) is 18.1 Å². The maximum Gasteiger partial charge on any atom is 0.271 e. The molecule has 0 aliphatic heterocycles. The zero-order chi connectivity index (χ0) is 12.3.